The summed E-state index contributed by atoms with van der Waals surface area (Å²) in [4.78, 5) is 7.59. The van der Waals surface area contributed by atoms with E-state index in [-0.39, 0.29) is 0 Å². The number of hydrogen-bond donors (Lipinski definition) is 1. The third-order valence-corrected chi connectivity index (χ3v) is 3.62. The van der Waals surface area contributed by atoms with Crippen molar-refractivity contribution in [3.63, 3.8) is 0 Å². The molecule has 0 unspecified atom stereocenters. The maximum atomic E-state index is 4.36. The summed E-state index contributed by atoms with van der Waals surface area (Å²) in [5.41, 5.74) is 7.45. The molecule has 0 radical (unpaired) electrons. The van der Waals surface area contributed by atoms with Crippen LogP contribution in [0, 0.1) is 13.8 Å². The third-order valence-electron chi connectivity index (χ3n) is 3.62. The summed E-state index contributed by atoms with van der Waals surface area (Å²) in [6.07, 6.45) is 5.43. The minimum absolute atomic E-state index is 0.867. The number of nitrogens with zero attached hydrogens (tertiary/aromatic N) is 4. The van der Waals surface area contributed by atoms with Gasteiger partial charge in [-0.2, -0.15) is 0 Å². The summed E-state index contributed by atoms with van der Waals surface area (Å²) >= 11 is 0. The van der Waals surface area contributed by atoms with Crippen LogP contribution in [0.3, 0.4) is 0 Å². The van der Waals surface area contributed by atoms with Crippen LogP contribution in [-0.2, 0) is 0 Å². The molecule has 98 valence electrons. The molecule has 0 fully saturated rings. The summed E-state index contributed by atoms with van der Waals surface area (Å²) in [7, 11) is 0. The summed E-state index contributed by atoms with van der Waals surface area (Å²) < 4.78 is 1.94. The molecular formula is C15H13N5. The van der Waals surface area contributed by atoms with Crippen LogP contribution in [0.5, 0.6) is 0 Å². The molecule has 3 aromatic heterocycles. The number of H-pyrrole nitrogens is 1. The molecule has 4 aromatic rings. The summed E-state index contributed by atoms with van der Waals surface area (Å²) in [5.74, 6) is 0. The SMILES string of the molecule is Cc1cc(-c2c(C)ccn3cnnc23)c2[nH]cnc2c1. The van der Waals surface area contributed by atoms with Crippen molar-refractivity contribution in [1.82, 2.24) is 24.6 Å². The van der Waals surface area contributed by atoms with Crippen molar-refractivity contribution in [1.29, 1.82) is 0 Å². The lowest BCUT2D eigenvalue weighted by atomic mass is 9.99. The minimum atomic E-state index is 0.867. The van der Waals surface area contributed by atoms with Crippen LogP contribution in [0.4, 0.5) is 0 Å². The summed E-state index contributed by atoms with van der Waals surface area (Å²) in [5, 5.41) is 8.26. The first-order valence-electron chi connectivity index (χ1n) is 6.47. The van der Waals surface area contributed by atoms with E-state index in [9.17, 15) is 0 Å². The number of hydrogen-bond acceptors (Lipinski definition) is 3. The second-order valence-electron chi connectivity index (χ2n) is 5.04. The molecule has 4 rings (SSSR count). The highest BCUT2D eigenvalue weighted by molar-refractivity contribution is 5.97. The van der Waals surface area contributed by atoms with Crippen LogP contribution in [0.2, 0.25) is 0 Å². The van der Waals surface area contributed by atoms with E-state index in [0.717, 1.165) is 27.8 Å². The predicted octanol–water partition coefficient (Wildman–Crippen LogP) is 2.89. The zero-order valence-corrected chi connectivity index (χ0v) is 11.3. The highest BCUT2D eigenvalue weighted by atomic mass is 15.2. The molecule has 5 nitrogen and oxygen atoms in total. The predicted molar refractivity (Wildman–Crippen MR) is 77.5 cm³/mol. The van der Waals surface area contributed by atoms with Gasteiger partial charge in [0.2, 0.25) is 0 Å². The molecule has 0 aliphatic carbocycles. The van der Waals surface area contributed by atoms with E-state index in [1.165, 1.54) is 11.1 Å². The molecule has 0 aliphatic heterocycles. The maximum Gasteiger partial charge on any atom is 0.168 e. The average molecular weight is 263 g/mol. The lowest BCUT2D eigenvalue weighted by Crippen LogP contribution is -1.93. The zero-order chi connectivity index (χ0) is 13.7. The van der Waals surface area contributed by atoms with Crippen molar-refractivity contribution in [2.75, 3.05) is 0 Å². The molecule has 20 heavy (non-hydrogen) atoms. The number of aromatic amines is 1. The van der Waals surface area contributed by atoms with E-state index >= 15 is 0 Å². The van der Waals surface area contributed by atoms with Gasteiger partial charge in [-0.3, -0.25) is 4.40 Å². The number of benzene rings is 1. The minimum Gasteiger partial charge on any atom is -0.344 e. The monoisotopic (exact) mass is 263 g/mol. The van der Waals surface area contributed by atoms with Crippen LogP contribution >= 0.6 is 0 Å². The Bertz CT molecular complexity index is 932. The standard InChI is InChI=1S/C15H13N5/c1-9-5-11(14-12(6-9)16-7-17-14)13-10(2)3-4-20-8-18-19-15(13)20/h3-8H,1-2H3,(H,16,17). The molecule has 1 N–H and O–H groups in total. The molecule has 0 amide bonds. The second kappa shape index (κ2) is 3.90. The molecule has 5 heteroatoms. The fourth-order valence-corrected chi connectivity index (χ4v) is 2.70. The molecule has 0 bridgehead atoms. The van der Waals surface area contributed by atoms with Gasteiger partial charge in [-0.1, -0.05) is 0 Å². The Labute approximate surface area is 115 Å². The Balaban J connectivity index is 2.18. The molecule has 1 aromatic carbocycles. The largest absolute Gasteiger partial charge is 0.344 e. The zero-order valence-electron chi connectivity index (χ0n) is 11.3. The van der Waals surface area contributed by atoms with Gasteiger partial charge in [0.05, 0.1) is 17.4 Å². The Kier molecular flexibility index (Phi) is 2.18. The lowest BCUT2D eigenvalue weighted by molar-refractivity contribution is 1.10. The molecular weight excluding hydrogens is 250 g/mol. The molecule has 0 atom stereocenters. The first-order chi connectivity index (χ1) is 9.74. The normalized spacial score (nSPS) is 11.5. The number of aromatic nitrogens is 5. The Morgan fingerprint density at radius 1 is 1.20 bits per heavy atom. The molecule has 3 heterocycles. The van der Waals surface area contributed by atoms with Gasteiger partial charge < -0.3 is 4.98 Å². The van der Waals surface area contributed by atoms with E-state index in [1.807, 2.05) is 10.6 Å². The number of fused-ring (bicyclic) bond motifs is 2. The van der Waals surface area contributed by atoms with Gasteiger partial charge in [-0.25, -0.2) is 4.98 Å². The number of pyridine rings is 1. The Morgan fingerprint density at radius 3 is 3.00 bits per heavy atom. The highest BCUT2D eigenvalue weighted by Crippen LogP contribution is 2.32. The van der Waals surface area contributed by atoms with Crippen molar-refractivity contribution >= 4 is 16.7 Å². The van der Waals surface area contributed by atoms with E-state index in [1.54, 1.807) is 12.7 Å². The van der Waals surface area contributed by atoms with E-state index in [4.69, 9.17) is 0 Å². The van der Waals surface area contributed by atoms with Crippen molar-refractivity contribution in [3.05, 3.63) is 48.2 Å². The Morgan fingerprint density at radius 2 is 2.10 bits per heavy atom. The first-order valence-corrected chi connectivity index (χ1v) is 6.47. The molecule has 0 saturated carbocycles. The van der Waals surface area contributed by atoms with E-state index < -0.39 is 0 Å². The van der Waals surface area contributed by atoms with Crippen molar-refractivity contribution in [2.45, 2.75) is 13.8 Å². The lowest BCUT2D eigenvalue weighted by Gasteiger charge is -2.09. The van der Waals surface area contributed by atoms with Gasteiger partial charge in [0, 0.05) is 17.3 Å². The van der Waals surface area contributed by atoms with Crippen LogP contribution in [0.1, 0.15) is 11.1 Å². The number of rotatable bonds is 1. The van der Waals surface area contributed by atoms with Gasteiger partial charge >= 0.3 is 0 Å². The number of nitrogens with one attached hydrogen (secondary N) is 1. The van der Waals surface area contributed by atoms with Crippen LogP contribution in [0.25, 0.3) is 27.8 Å². The van der Waals surface area contributed by atoms with Gasteiger partial charge in [0.1, 0.15) is 6.33 Å². The number of imidazole rings is 1. The average Bonchev–Trinajstić information content (AvgIpc) is 3.05. The highest BCUT2D eigenvalue weighted by Gasteiger charge is 2.14. The van der Waals surface area contributed by atoms with E-state index in [0.29, 0.717) is 0 Å². The molecule has 0 aliphatic rings. The molecule has 0 saturated heterocycles. The number of aryl methyl sites for hydroxylation is 2. The van der Waals surface area contributed by atoms with Crippen molar-refractivity contribution < 1.29 is 0 Å². The second-order valence-corrected chi connectivity index (χ2v) is 5.04. The quantitative estimate of drug-likeness (QED) is 0.574. The third kappa shape index (κ3) is 1.46. The van der Waals surface area contributed by atoms with Gasteiger partial charge in [-0.05, 0) is 43.2 Å². The van der Waals surface area contributed by atoms with Crippen molar-refractivity contribution in [3.8, 4) is 11.1 Å². The van der Waals surface area contributed by atoms with Crippen LogP contribution in [0.15, 0.2) is 37.1 Å². The summed E-state index contributed by atoms with van der Waals surface area (Å²) in [6.45, 7) is 4.17. The van der Waals surface area contributed by atoms with Crippen LogP contribution < -0.4 is 0 Å². The maximum absolute atomic E-state index is 4.36. The first kappa shape index (κ1) is 11.2. The van der Waals surface area contributed by atoms with Gasteiger partial charge in [0.15, 0.2) is 5.65 Å². The fourth-order valence-electron chi connectivity index (χ4n) is 2.70. The van der Waals surface area contributed by atoms with Crippen LogP contribution in [-0.4, -0.2) is 24.6 Å². The van der Waals surface area contributed by atoms with Gasteiger partial charge in [-0.15, -0.1) is 10.2 Å². The van der Waals surface area contributed by atoms with E-state index in [2.05, 4.69) is 52.2 Å². The smallest absolute Gasteiger partial charge is 0.168 e. The Hall–Kier alpha value is -2.69. The topological polar surface area (TPSA) is 58.9 Å². The van der Waals surface area contributed by atoms with Gasteiger partial charge in [0.25, 0.3) is 0 Å². The fraction of sp³-hybridized carbons (Fsp3) is 0.133. The van der Waals surface area contributed by atoms with Crippen molar-refractivity contribution in [2.24, 2.45) is 0 Å². The molecule has 0 spiro atoms. The summed E-state index contributed by atoms with van der Waals surface area (Å²) in [6, 6.07) is 6.32.